The van der Waals surface area contributed by atoms with E-state index in [9.17, 15) is 9.59 Å². The number of carbonyl (C=O) groups excluding carboxylic acids is 2. The second-order valence-electron chi connectivity index (χ2n) is 6.94. The summed E-state index contributed by atoms with van der Waals surface area (Å²) in [5.74, 6) is -0.317. The third-order valence-electron chi connectivity index (χ3n) is 3.51. The van der Waals surface area contributed by atoms with Gasteiger partial charge in [0.25, 0.3) is 5.91 Å². The number of alkyl carbamates (subject to hydrolysis) is 1. The Labute approximate surface area is 143 Å². The molecule has 2 rings (SSSR count). The van der Waals surface area contributed by atoms with E-state index in [2.05, 4.69) is 5.32 Å². The molecule has 0 saturated carbocycles. The summed E-state index contributed by atoms with van der Waals surface area (Å²) >= 11 is 0. The fourth-order valence-corrected chi connectivity index (χ4v) is 2.40. The van der Waals surface area contributed by atoms with E-state index < -0.39 is 17.7 Å². The molecule has 0 bridgehead atoms. The largest absolute Gasteiger partial charge is 0.436 e. The van der Waals surface area contributed by atoms with Crippen LogP contribution in [0.5, 0.6) is 0 Å². The van der Waals surface area contributed by atoms with Crippen LogP contribution in [0.3, 0.4) is 0 Å². The van der Waals surface area contributed by atoms with Crippen molar-refractivity contribution < 1.29 is 19.2 Å². The van der Waals surface area contributed by atoms with Gasteiger partial charge in [0.15, 0.2) is 6.10 Å². The highest BCUT2D eigenvalue weighted by Gasteiger charge is 2.31. The van der Waals surface area contributed by atoms with E-state index in [1.165, 1.54) is 5.06 Å². The van der Waals surface area contributed by atoms with Crippen LogP contribution in [0.15, 0.2) is 30.3 Å². The Morgan fingerprint density at radius 2 is 1.96 bits per heavy atom. The molecule has 1 atom stereocenters. The van der Waals surface area contributed by atoms with Gasteiger partial charge in [-0.15, -0.1) is 0 Å². The summed E-state index contributed by atoms with van der Waals surface area (Å²) in [6.45, 7) is 6.61. The van der Waals surface area contributed by atoms with Crippen molar-refractivity contribution in [1.29, 1.82) is 0 Å². The van der Waals surface area contributed by atoms with Crippen LogP contribution < -0.4 is 5.32 Å². The SMILES string of the molecule is CC(C)(C)NC(=O)O[C@@H](Cc1ccccc1)C(=O)N1CCCCO1. The van der Waals surface area contributed by atoms with E-state index in [1.807, 2.05) is 51.1 Å². The molecule has 1 heterocycles. The van der Waals surface area contributed by atoms with Crippen molar-refractivity contribution in [3.05, 3.63) is 35.9 Å². The van der Waals surface area contributed by atoms with Gasteiger partial charge in [-0.3, -0.25) is 9.63 Å². The number of hydrogen-bond donors (Lipinski definition) is 1. The van der Waals surface area contributed by atoms with Gasteiger partial charge in [-0.1, -0.05) is 30.3 Å². The first-order valence-electron chi connectivity index (χ1n) is 8.32. The lowest BCUT2D eigenvalue weighted by atomic mass is 10.1. The average molecular weight is 334 g/mol. The maximum absolute atomic E-state index is 12.7. The molecule has 1 fully saturated rings. The fraction of sp³-hybridized carbons (Fsp3) is 0.556. The molecule has 0 radical (unpaired) electrons. The van der Waals surface area contributed by atoms with Crippen molar-refractivity contribution >= 4 is 12.0 Å². The van der Waals surface area contributed by atoms with Crippen molar-refractivity contribution in [2.45, 2.75) is 51.7 Å². The Kier molecular flexibility index (Phi) is 6.20. The van der Waals surface area contributed by atoms with Crippen molar-refractivity contribution in [1.82, 2.24) is 10.4 Å². The second kappa shape index (κ2) is 8.15. The highest BCUT2D eigenvalue weighted by Crippen LogP contribution is 2.14. The fourth-order valence-electron chi connectivity index (χ4n) is 2.40. The topological polar surface area (TPSA) is 67.9 Å². The lowest BCUT2D eigenvalue weighted by molar-refractivity contribution is -0.204. The smallest absolute Gasteiger partial charge is 0.408 e. The summed E-state index contributed by atoms with van der Waals surface area (Å²) in [5.41, 5.74) is 0.496. The summed E-state index contributed by atoms with van der Waals surface area (Å²) in [5, 5.41) is 4.04. The minimum absolute atomic E-state index is 0.317. The van der Waals surface area contributed by atoms with Gasteiger partial charge >= 0.3 is 6.09 Å². The summed E-state index contributed by atoms with van der Waals surface area (Å²) in [6, 6.07) is 9.50. The number of hydrogen-bond acceptors (Lipinski definition) is 4. The molecule has 1 saturated heterocycles. The Hall–Kier alpha value is -2.08. The minimum atomic E-state index is -0.909. The molecule has 1 N–H and O–H groups in total. The van der Waals surface area contributed by atoms with Crippen LogP contribution >= 0.6 is 0 Å². The Bertz CT molecular complexity index is 548. The maximum Gasteiger partial charge on any atom is 0.408 e. The highest BCUT2D eigenvalue weighted by molar-refractivity contribution is 5.83. The molecule has 6 heteroatoms. The molecular weight excluding hydrogens is 308 g/mol. The van der Waals surface area contributed by atoms with Crippen molar-refractivity contribution in [2.75, 3.05) is 13.2 Å². The molecule has 0 spiro atoms. The lowest BCUT2D eigenvalue weighted by Crippen LogP contribution is -2.48. The Morgan fingerprint density at radius 3 is 2.54 bits per heavy atom. The molecule has 6 nitrogen and oxygen atoms in total. The maximum atomic E-state index is 12.7. The predicted molar refractivity (Wildman–Crippen MR) is 90.2 cm³/mol. The molecule has 1 aromatic rings. The van der Waals surface area contributed by atoms with Crippen molar-refractivity contribution in [3.63, 3.8) is 0 Å². The normalized spacial score (nSPS) is 16.4. The first-order chi connectivity index (χ1) is 11.3. The van der Waals surface area contributed by atoms with Gasteiger partial charge in [0.05, 0.1) is 6.61 Å². The monoisotopic (exact) mass is 334 g/mol. The standard InChI is InChI=1S/C18H26N2O4/c1-18(2,3)19-17(22)24-15(13-14-9-5-4-6-10-14)16(21)20-11-7-8-12-23-20/h4-6,9-10,15H,7-8,11-13H2,1-3H3,(H,19,22)/t15-/m0/s1. The first-order valence-corrected chi connectivity index (χ1v) is 8.32. The number of ether oxygens (including phenoxy) is 1. The number of carbonyl (C=O) groups is 2. The molecule has 1 aliphatic rings. The third-order valence-corrected chi connectivity index (χ3v) is 3.51. The molecular formula is C18H26N2O4. The van der Waals surface area contributed by atoms with Gasteiger partial charge < -0.3 is 10.1 Å². The zero-order valence-electron chi connectivity index (χ0n) is 14.6. The quantitative estimate of drug-likeness (QED) is 0.919. The van der Waals surface area contributed by atoms with Crippen molar-refractivity contribution in [2.24, 2.45) is 0 Å². The zero-order valence-corrected chi connectivity index (χ0v) is 14.6. The number of rotatable bonds is 4. The number of benzene rings is 1. The van der Waals surface area contributed by atoms with E-state index in [4.69, 9.17) is 9.57 Å². The summed E-state index contributed by atoms with van der Waals surface area (Å²) < 4.78 is 5.42. The van der Waals surface area contributed by atoms with Gasteiger partial charge in [-0.05, 0) is 39.2 Å². The van der Waals surface area contributed by atoms with Gasteiger partial charge in [0.1, 0.15) is 0 Å². The first kappa shape index (κ1) is 18.3. The molecule has 2 amide bonds. The molecule has 0 aliphatic carbocycles. The summed E-state index contributed by atoms with van der Waals surface area (Å²) in [4.78, 5) is 30.2. The van der Waals surface area contributed by atoms with Gasteiger partial charge in [-0.2, -0.15) is 0 Å². The van der Waals surface area contributed by atoms with Crippen molar-refractivity contribution in [3.8, 4) is 0 Å². The molecule has 1 aromatic carbocycles. The molecule has 0 aromatic heterocycles. The van der Waals surface area contributed by atoms with Crippen LogP contribution in [-0.4, -0.2) is 41.9 Å². The molecule has 132 valence electrons. The number of amides is 2. The predicted octanol–water partition coefficient (Wildman–Crippen LogP) is 2.68. The van der Waals surface area contributed by atoms with Crippen LogP contribution in [0.2, 0.25) is 0 Å². The van der Waals surface area contributed by atoms with E-state index in [0.29, 0.717) is 19.6 Å². The molecule has 0 unspecified atom stereocenters. The summed E-state index contributed by atoms with van der Waals surface area (Å²) in [7, 11) is 0. The van der Waals surface area contributed by atoms with Gasteiger partial charge in [0.2, 0.25) is 0 Å². The molecule has 24 heavy (non-hydrogen) atoms. The Morgan fingerprint density at radius 1 is 1.25 bits per heavy atom. The Balaban J connectivity index is 2.08. The minimum Gasteiger partial charge on any atom is -0.436 e. The number of nitrogens with zero attached hydrogens (tertiary/aromatic N) is 1. The van der Waals surface area contributed by atoms with Crippen LogP contribution in [0.4, 0.5) is 4.79 Å². The number of hydroxylamine groups is 2. The zero-order chi connectivity index (χ0) is 17.6. The average Bonchev–Trinajstić information content (AvgIpc) is 2.53. The van der Waals surface area contributed by atoms with Crippen LogP contribution in [0.25, 0.3) is 0 Å². The van der Waals surface area contributed by atoms with E-state index in [0.717, 1.165) is 18.4 Å². The molecule has 1 aliphatic heterocycles. The summed E-state index contributed by atoms with van der Waals surface area (Å²) in [6.07, 6.45) is 0.620. The van der Waals surface area contributed by atoms with E-state index in [1.54, 1.807) is 0 Å². The van der Waals surface area contributed by atoms with E-state index >= 15 is 0 Å². The van der Waals surface area contributed by atoms with Crippen LogP contribution in [0.1, 0.15) is 39.2 Å². The van der Waals surface area contributed by atoms with Gasteiger partial charge in [-0.25, -0.2) is 9.86 Å². The van der Waals surface area contributed by atoms with Crippen LogP contribution in [-0.2, 0) is 20.8 Å². The van der Waals surface area contributed by atoms with Gasteiger partial charge in [0, 0.05) is 18.5 Å². The highest BCUT2D eigenvalue weighted by atomic mass is 16.7. The number of nitrogens with one attached hydrogen (secondary N) is 1. The lowest BCUT2D eigenvalue weighted by Gasteiger charge is -2.30. The van der Waals surface area contributed by atoms with E-state index in [-0.39, 0.29) is 5.91 Å². The second-order valence-corrected chi connectivity index (χ2v) is 6.94. The van der Waals surface area contributed by atoms with Crippen LogP contribution in [0, 0.1) is 0 Å². The third kappa shape index (κ3) is 5.85.